The second-order valence-electron chi connectivity index (χ2n) is 5.91. The van der Waals surface area contributed by atoms with E-state index in [0.29, 0.717) is 5.56 Å². The Kier molecular flexibility index (Phi) is 5.86. The first-order chi connectivity index (χ1) is 12.2. The first-order valence-electron chi connectivity index (χ1n) is 8.49. The molecule has 0 amide bonds. The number of ether oxygens (including phenoxy) is 3. The largest absolute Gasteiger partial charge is 0.497 e. The van der Waals surface area contributed by atoms with Crippen molar-refractivity contribution < 1.29 is 19.0 Å². The van der Waals surface area contributed by atoms with Gasteiger partial charge in [-0.3, -0.25) is 4.79 Å². The molecule has 1 unspecified atom stereocenters. The first-order valence-corrected chi connectivity index (χ1v) is 8.49. The molecule has 1 aliphatic heterocycles. The van der Waals surface area contributed by atoms with E-state index in [0.717, 1.165) is 42.9 Å². The monoisotopic (exact) mass is 338 g/mol. The summed E-state index contributed by atoms with van der Waals surface area (Å²) in [6.45, 7) is 0.747. The molecule has 1 saturated heterocycles. The van der Waals surface area contributed by atoms with E-state index in [1.165, 1.54) is 0 Å². The van der Waals surface area contributed by atoms with Crippen molar-refractivity contribution in [2.75, 3.05) is 13.7 Å². The maximum atomic E-state index is 12.3. The minimum atomic E-state index is -0.176. The van der Waals surface area contributed by atoms with Crippen LogP contribution >= 0.6 is 0 Å². The Labute approximate surface area is 148 Å². The Hall–Kier alpha value is -2.59. The van der Waals surface area contributed by atoms with E-state index in [4.69, 9.17) is 14.2 Å². The summed E-state index contributed by atoms with van der Waals surface area (Å²) in [6.07, 6.45) is 6.31. The highest BCUT2D eigenvalue weighted by Crippen LogP contribution is 2.20. The molecule has 0 aliphatic carbocycles. The second-order valence-corrected chi connectivity index (χ2v) is 5.91. The van der Waals surface area contributed by atoms with Crippen LogP contribution in [0.4, 0.5) is 0 Å². The van der Waals surface area contributed by atoms with Crippen molar-refractivity contribution in [1.29, 1.82) is 0 Å². The Morgan fingerprint density at radius 3 is 2.40 bits per heavy atom. The highest BCUT2D eigenvalue weighted by atomic mass is 16.7. The summed E-state index contributed by atoms with van der Waals surface area (Å²) in [5.74, 6) is 1.47. The molecule has 4 nitrogen and oxygen atoms in total. The van der Waals surface area contributed by atoms with Crippen molar-refractivity contribution in [2.24, 2.45) is 0 Å². The first kappa shape index (κ1) is 17.2. The zero-order valence-electron chi connectivity index (χ0n) is 14.3. The molecule has 2 aromatic rings. The number of hydrogen-bond acceptors (Lipinski definition) is 4. The van der Waals surface area contributed by atoms with Gasteiger partial charge in [0.25, 0.3) is 0 Å². The van der Waals surface area contributed by atoms with Gasteiger partial charge in [-0.25, -0.2) is 0 Å². The molecule has 0 aromatic heterocycles. The fourth-order valence-corrected chi connectivity index (χ4v) is 2.64. The topological polar surface area (TPSA) is 44.8 Å². The zero-order chi connectivity index (χ0) is 17.5. The Morgan fingerprint density at radius 2 is 1.76 bits per heavy atom. The highest BCUT2D eigenvalue weighted by molar-refractivity contribution is 6.06. The molecule has 1 atom stereocenters. The van der Waals surface area contributed by atoms with Gasteiger partial charge in [-0.15, -0.1) is 0 Å². The van der Waals surface area contributed by atoms with Gasteiger partial charge in [0, 0.05) is 12.0 Å². The van der Waals surface area contributed by atoms with Crippen molar-refractivity contribution in [3.8, 4) is 11.5 Å². The lowest BCUT2D eigenvalue weighted by Gasteiger charge is -2.23. The van der Waals surface area contributed by atoms with Crippen molar-refractivity contribution in [3.63, 3.8) is 0 Å². The highest BCUT2D eigenvalue weighted by Gasteiger charge is 2.15. The van der Waals surface area contributed by atoms with Gasteiger partial charge in [-0.2, -0.15) is 0 Å². The third-order valence-corrected chi connectivity index (χ3v) is 4.09. The average molecular weight is 338 g/mol. The van der Waals surface area contributed by atoms with Crippen molar-refractivity contribution in [1.82, 2.24) is 0 Å². The summed E-state index contributed by atoms with van der Waals surface area (Å²) in [5, 5.41) is 0. The molecule has 25 heavy (non-hydrogen) atoms. The molecule has 130 valence electrons. The molecule has 1 heterocycles. The fourth-order valence-electron chi connectivity index (χ4n) is 2.64. The number of rotatable bonds is 6. The molecule has 0 spiro atoms. The Morgan fingerprint density at radius 1 is 1.04 bits per heavy atom. The van der Waals surface area contributed by atoms with Crippen LogP contribution in [0, 0.1) is 0 Å². The summed E-state index contributed by atoms with van der Waals surface area (Å²) in [6, 6.07) is 14.7. The third-order valence-electron chi connectivity index (χ3n) is 4.09. The van der Waals surface area contributed by atoms with Gasteiger partial charge < -0.3 is 14.2 Å². The normalized spacial score (nSPS) is 17.4. The van der Waals surface area contributed by atoms with Crippen LogP contribution in [0.3, 0.4) is 0 Å². The quantitative estimate of drug-likeness (QED) is 0.575. The fraction of sp³-hybridized carbons (Fsp3) is 0.286. The van der Waals surface area contributed by atoms with Gasteiger partial charge in [0.15, 0.2) is 12.1 Å². The lowest BCUT2D eigenvalue weighted by Crippen LogP contribution is -2.24. The third kappa shape index (κ3) is 4.94. The Balaban J connectivity index is 1.58. The lowest BCUT2D eigenvalue weighted by atomic mass is 10.1. The molecule has 0 saturated carbocycles. The minimum absolute atomic E-state index is 0.0451. The van der Waals surface area contributed by atoms with Crippen molar-refractivity contribution in [3.05, 3.63) is 65.7 Å². The number of benzene rings is 2. The molecule has 1 aliphatic rings. The predicted molar refractivity (Wildman–Crippen MR) is 97.0 cm³/mol. The van der Waals surface area contributed by atoms with Crippen LogP contribution in [0.15, 0.2) is 54.6 Å². The van der Waals surface area contributed by atoms with E-state index in [1.807, 2.05) is 36.4 Å². The van der Waals surface area contributed by atoms with Gasteiger partial charge in [-0.1, -0.05) is 18.2 Å². The SMILES string of the molecule is COc1ccc(/C=C/C(=O)c2ccc(OC3CCCCO3)cc2)cc1. The number of carbonyl (C=O) groups is 1. The maximum Gasteiger partial charge on any atom is 0.199 e. The number of hydrogen-bond donors (Lipinski definition) is 0. The second kappa shape index (κ2) is 8.49. The molecule has 0 N–H and O–H groups in total. The maximum absolute atomic E-state index is 12.3. The number of methoxy groups -OCH3 is 1. The van der Waals surface area contributed by atoms with Crippen LogP contribution in [0.25, 0.3) is 6.08 Å². The molecule has 1 fully saturated rings. The van der Waals surface area contributed by atoms with E-state index in [9.17, 15) is 4.79 Å². The summed E-state index contributed by atoms with van der Waals surface area (Å²) in [7, 11) is 1.63. The van der Waals surface area contributed by atoms with E-state index in [-0.39, 0.29) is 12.1 Å². The van der Waals surface area contributed by atoms with Crippen molar-refractivity contribution in [2.45, 2.75) is 25.6 Å². The standard InChI is InChI=1S/C21H22O4/c1-23-18-10-5-16(6-11-18)7-14-20(22)17-8-12-19(13-9-17)25-21-4-2-3-15-24-21/h5-14,21H,2-4,15H2,1H3/b14-7+. The number of carbonyl (C=O) groups excluding carboxylic acids is 1. The molecule has 0 bridgehead atoms. The van der Waals surface area contributed by atoms with Gasteiger partial charge in [0.05, 0.1) is 13.7 Å². The molecular formula is C21H22O4. The van der Waals surface area contributed by atoms with Crippen LogP contribution in [-0.4, -0.2) is 25.8 Å². The predicted octanol–water partition coefficient (Wildman–Crippen LogP) is 4.50. The van der Waals surface area contributed by atoms with Crippen LogP contribution in [-0.2, 0) is 4.74 Å². The lowest BCUT2D eigenvalue weighted by molar-refractivity contribution is -0.105. The van der Waals surface area contributed by atoms with E-state index in [1.54, 1.807) is 31.4 Å². The van der Waals surface area contributed by atoms with E-state index in [2.05, 4.69) is 0 Å². The molecule has 0 radical (unpaired) electrons. The number of allylic oxidation sites excluding steroid dienone is 1. The summed E-state index contributed by atoms with van der Waals surface area (Å²) in [5.41, 5.74) is 1.57. The summed E-state index contributed by atoms with van der Waals surface area (Å²) < 4.78 is 16.4. The van der Waals surface area contributed by atoms with Crippen LogP contribution in [0.2, 0.25) is 0 Å². The van der Waals surface area contributed by atoms with E-state index < -0.39 is 0 Å². The zero-order valence-corrected chi connectivity index (χ0v) is 14.3. The smallest absolute Gasteiger partial charge is 0.199 e. The van der Waals surface area contributed by atoms with Gasteiger partial charge in [0.2, 0.25) is 0 Å². The number of ketones is 1. The van der Waals surface area contributed by atoms with Gasteiger partial charge in [-0.05, 0) is 60.9 Å². The van der Waals surface area contributed by atoms with Gasteiger partial charge in [0.1, 0.15) is 11.5 Å². The van der Waals surface area contributed by atoms with Crippen LogP contribution < -0.4 is 9.47 Å². The summed E-state index contributed by atoms with van der Waals surface area (Å²) in [4.78, 5) is 12.3. The Bertz CT molecular complexity index is 711. The van der Waals surface area contributed by atoms with Crippen LogP contribution in [0.1, 0.15) is 35.2 Å². The summed E-state index contributed by atoms with van der Waals surface area (Å²) >= 11 is 0. The van der Waals surface area contributed by atoms with Crippen LogP contribution in [0.5, 0.6) is 11.5 Å². The van der Waals surface area contributed by atoms with Crippen molar-refractivity contribution >= 4 is 11.9 Å². The molecule has 4 heteroatoms. The average Bonchev–Trinajstić information content (AvgIpc) is 2.68. The molecule has 2 aromatic carbocycles. The minimum Gasteiger partial charge on any atom is -0.497 e. The van der Waals surface area contributed by atoms with E-state index >= 15 is 0 Å². The molecular weight excluding hydrogens is 316 g/mol. The van der Waals surface area contributed by atoms with Gasteiger partial charge >= 0.3 is 0 Å². The molecule has 3 rings (SSSR count).